The highest BCUT2D eigenvalue weighted by atomic mass is 35.5. The lowest BCUT2D eigenvalue weighted by molar-refractivity contribution is -0.384. The molecule has 0 radical (unpaired) electrons. The van der Waals surface area contributed by atoms with Gasteiger partial charge in [-0.15, -0.1) is 0 Å². The highest BCUT2D eigenvalue weighted by Crippen LogP contribution is 2.35. The fourth-order valence-electron chi connectivity index (χ4n) is 1.99. The molecule has 0 amide bonds. The largest absolute Gasteiger partial charge is 0.366 e. The summed E-state index contributed by atoms with van der Waals surface area (Å²) in [4.78, 5) is 12.9. The van der Waals surface area contributed by atoms with Crippen molar-refractivity contribution < 1.29 is 4.92 Å². The number of unbranched alkanes of at least 4 members (excludes halogenated alkanes) is 2. The Kier molecular flexibility index (Phi) is 6.64. The molecular formula is C14H21ClN2O2. The van der Waals surface area contributed by atoms with Gasteiger partial charge in [0.2, 0.25) is 0 Å². The average molecular weight is 285 g/mol. The Labute approximate surface area is 119 Å². The van der Waals surface area contributed by atoms with Crippen LogP contribution in [0.1, 0.15) is 39.5 Å². The number of nitro benzene ring substituents is 1. The summed E-state index contributed by atoms with van der Waals surface area (Å²) in [6.07, 6.45) is 4.18. The molecule has 0 heterocycles. The zero-order chi connectivity index (χ0) is 14.3. The second-order valence-electron chi connectivity index (χ2n) is 4.56. The average Bonchev–Trinajstić information content (AvgIpc) is 2.38. The molecule has 0 bridgehead atoms. The molecular weight excluding hydrogens is 264 g/mol. The lowest BCUT2D eigenvalue weighted by Crippen LogP contribution is -2.26. The third-order valence-corrected chi connectivity index (χ3v) is 3.36. The topological polar surface area (TPSA) is 46.4 Å². The van der Waals surface area contributed by atoms with Gasteiger partial charge in [0, 0.05) is 13.1 Å². The van der Waals surface area contributed by atoms with Crippen molar-refractivity contribution in [2.75, 3.05) is 18.0 Å². The number of benzene rings is 1. The highest BCUT2D eigenvalue weighted by molar-refractivity contribution is 6.33. The van der Waals surface area contributed by atoms with Crippen LogP contribution in [0.25, 0.3) is 0 Å². The first-order valence-corrected chi connectivity index (χ1v) is 7.17. The van der Waals surface area contributed by atoms with Crippen LogP contribution in [0.3, 0.4) is 0 Å². The second-order valence-corrected chi connectivity index (χ2v) is 4.97. The summed E-state index contributed by atoms with van der Waals surface area (Å²) in [5.41, 5.74) is 0.663. The maximum absolute atomic E-state index is 11.2. The van der Waals surface area contributed by atoms with E-state index >= 15 is 0 Å². The van der Waals surface area contributed by atoms with Crippen molar-refractivity contribution in [1.29, 1.82) is 0 Å². The molecule has 0 aromatic heterocycles. The molecule has 5 heteroatoms. The minimum absolute atomic E-state index is 0.0244. The monoisotopic (exact) mass is 284 g/mol. The van der Waals surface area contributed by atoms with Gasteiger partial charge in [0.1, 0.15) is 10.7 Å². The number of hydrogen-bond donors (Lipinski definition) is 0. The van der Waals surface area contributed by atoms with E-state index in [1.807, 2.05) is 0 Å². The maximum atomic E-state index is 11.2. The van der Waals surface area contributed by atoms with Crippen LogP contribution in [-0.2, 0) is 0 Å². The Morgan fingerprint density at radius 2 is 1.79 bits per heavy atom. The quantitative estimate of drug-likeness (QED) is 0.515. The van der Waals surface area contributed by atoms with Crippen LogP contribution in [-0.4, -0.2) is 18.0 Å². The van der Waals surface area contributed by atoms with Crippen molar-refractivity contribution in [3.8, 4) is 0 Å². The molecule has 0 fully saturated rings. The molecule has 0 aliphatic heterocycles. The molecule has 0 aliphatic rings. The van der Waals surface area contributed by atoms with Crippen LogP contribution >= 0.6 is 11.6 Å². The van der Waals surface area contributed by atoms with E-state index in [0.29, 0.717) is 5.69 Å². The number of hydrogen-bond acceptors (Lipinski definition) is 3. The molecule has 0 aliphatic carbocycles. The van der Waals surface area contributed by atoms with Gasteiger partial charge in [-0.1, -0.05) is 44.4 Å². The van der Waals surface area contributed by atoms with Crippen LogP contribution in [0.15, 0.2) is 18.2 Å². The predicted octanol–water partition coefficient (Wildman–Crippen LogP) is 4.65. The molecule has 106 valence electrons. The molecule has 0 unspecified atom stereocenters. The standard InChI is InChI=1S/C14H21ClN2O2/c1-3-5-10-16(11-6-4-2)13-9-7-8-12(15)14(13)17(18)19/h7-9H,3-6,10-11H2,1-2H3. The van der Waals surface area contributed by atoms with E-state index in [1.54, 1.807) is 18.2 Å². The number of halogens is 1. The molecule has 0 N–H and O–H groups in total. The maximum Gasteiger partial charge on any atom is 0.310 e. The first-order chi connectivity index (χ1) is 9.11. The smallest absolute Gasteiger partial charge is 0.310 e. The number of anilines is 1. The summed E-state index contributed by atoms with van der Waals surface area (Å²) < 4.78 is 0. The summed E-state index contributed by atoms with van der Waals surface area (Å²) in [5.74, 6) is 0. The van der Waals surface area contributed by atoms with Gasteiger partial charge in [-0.05, 0) is 25.0 Å². The van der Waals surface area contributed by atoms with E-state index in [-0.39, 0.29) is 15.6 Å². The summed E-state index contributed by atoms with van der Waals surface area (Å²) in [6, 6.07) is 5.13. The lowest BCUT2D eigenvalue weighted by atomic mass is 10.2. The first-order valence-electron chi connectivity index (χ1n) is 6.79. The molecule has 0 saturated heterocycles. The zero-order valence-electron chi connectivity index (χ0n) is 11.6. The van der Waals surface area contributed by atoms with Crippen LogP contribution in [0.4, 0.5) is 11.4 Å². The Morgan fingerprint density at radius 1 is 1.21 bits per heavy atom. The van der Waals surface area contributed by atoms with Gasteiger partial charge < -0.3 is 4.90 Å². The van der Waals surface area contributed by atoms with Gasteiger partial charge in [0.05, 0.1) is 4.92 Å². The lowest BCUT2D eigenvalue weighted by Gasteiger charge is -2.24. The van der Waals surface area contributed by atoms with Gasteiger partial charge in [-0.3, -0.25) is 10.1 Å². The predicted molar refractivity (Wildman–Crippen MR) is 80.1 cm³/mol. The zero-order valence-corrected chi connectivity index (χ0v) is 12.3. The van der Waals surface area contributed by atoms with Crippen LogP contribution in [0.2, 0.25) is 5.02 Å². The molecule has 0 spiro atoms. The Morgan fingerprint density at radius 3 is 2.26 bits per heavy atom. The normalized spacial score (nSPS) is 10.5. The third kappa shape index (κ3) is 4.39. The number of nitro groups is 1. The summed E-state index contributed by atoms with van der Waals surface area (Å²) in [7, 11) is 0. The van der Waals surface area contributed by atoms with Crippen molar-refractivity contribution in [3.05, 3.63) is 33.3 Å². The summed E-state index contributed by atoms with van der Waals surface area (Å²) in [6.45, 7) is 5.89. The number of nitrogens with zero attached hydrogens (tertiary/aromatic N) is 2. The van der Waals surface area contributed by atoms with Crippen molar-refractivity contribution in [1.82, 2.24) is 0 Å². The Balaban J connectivity index is 3.06. The van der Waals surface area contributed by atoms with E-state index in [2.05, 4.69) is 18.7 Å². The van der Waals surface area contributed by atoms with Crippen LogP contribution in [0.5, 0.6) is 0 Å². The molecule has 1 aromatic rings. The van der Waals surface area contributed by atoms with Crippen molar-refractivity contribution >= 4 is 23.0 Å². The number of rotatable bonds is 8. The summed E-state index contributed by atoms with van der Waals surface area (Å²) >= 11 is 5.97. The molecule has 0 atom stereocenters. The van der Waals surface area contributed by atoms with Gasteiger partial charge in [-0.2, -0.15) is 0 Å². The Hall–Kier alpha value is -1.29. The van der Waals surface area contributed by atoms with Crippen molar-refractivity contribution in [3.63, 3.8) is 0 Å². The van der Waals surface area contributed by atoms with Gasteiger partial charge in [0.25, 0.3) is 0 Å². The fourth-order valence-corrected chi connectivity index (χ4v) is 2.23. The summed E-state index contributed by atoms with van der Waals surface area (Å²) in [5, 5.41) is 11.4. The highest BCUT2D eigenvalue weighted by Gasteiger charge is 2.22. The van der Waals surface area contributed by atoms with Gasteiger partial charge in [-0.25, -0.2) is 0 Å². The molecule has 19 heavy (non-hydrogen) atoms. The van der Waals surface area contributed by atoms with Gasteiger partial charge in [0.15, 0.2) is 0 Å². The van der Waals surface area contributed by atoms with Gasteiger partial charge >= 0.3 is 5.69 Å². The SMILES string of the molecule is CCCCN(CCCC)c1cccc(Cl)c1[N+](=O)[O-]. The van der Waals surface area contributed by atoms with E-state index < -0.39 is 0 Å². The van der Waals surface area contributed by atoms with Crippen molar-refractivity contribution in [2.24, 2.45) is 0 Å². The molecule has 1 aromatic carbocycles. The third-order valence-electron chi connectivity index (χ3n) is 3.05. The van der Waals surface area contributed by atoms with E-state index in [0.717, 1.165) is 38.8 Å². The van der Waals surface area contributed by atoms with Crippen LogP contribution in [0, 0.1) is 10.1 Å². The second kappa shape index (κ2) is 8.00. The fraction of sp³-hybridized carbons (Fsp3) is 0.571. The van der Waals surface area contributed by atoms with Crippen molar-refractivity contribution in [2.45, 2.75) is 39.5 Å². The van der Waals surface area contributed by atoms with E-state index in [1.165, 1.54) is 0 Å². The first kappa shape index (κ1) is 15.8. The Bertz CT molecular complexity index is 416. The van der Waals surface area contributed by atoms with Crippen LogP contribution < -0.4 is 4.90 Å². The number of para-hydroxylation sites is 1. The molecule has 4 nitrogen and oxygen atoms in total. The van der Waals surface area contributed by atoms with E-state index in [9.17, 15) is 10.1 Å². The molecule has 1 rings (SSSR count). The minimum Gasteiger partial charge on any atom is -0.366 e. The van der Waals surface area contributed by atoms with E-state index in [4.69, 9.17) is 11.6 Å². The minimum atomic E-state index is -0.386. The molecule has 0 saturated carbocycles.